The van der Waals surface area contributed by atoms with Crippen molar-refractivity contribution < 1.29 is 8.42 Å². The van der Waals surface area contributed by atoms with Gasteiger partial charge in [-0.15, -0.1) is 0 Å². The second-order valence-electron chi connectivity index (χ2n) is 4.92. The average Bonchev–Trinajstić information content (AvgIpc) is 2.48. The summed E-state index contributed by atoms with van der Waals surface area (Å²) in [6.45, 7) is 8.13. The number of rotatable bonds is 10. The molecule has 0 atom stereocenters. The van der Waals surface area contributed by atoms with Crippen LogP contribution in [-0.2, 0) is 16.6 Å². The summed E-state index contributed by atoms with van der Waals surface area (Å²) in [5.74, 6) is 0. The quantitative estimate of drug-likeness (QED) is 0.641. The molecule has 0 heterocycles. The Bertz CT molecular complexity index is 513. The van der Waals surface area contributed by atoms with E-state index in [2.05, 4.69) is 28.8 Å². The molecule has 0 aliphatic carbocycles. The van der Waals surface area contributed by atoms with Crippen molar-refractivity contribution in [2.24, 2.45) is 0 Å². The molecule has 0 aromatic heterocycles. The lowest BCUT2D eigenvalue weighted by molar-refractivity contribution is 0.300. The van der Waals surface area contributed by atoms with Gasteiger partial charge >= 0.3 is 0 Å². The number of hydrogen-bond acceptors (Lipinski definition) is 4. The summed E-state index contributed by atoms with van der Waals surface area (Å²) >= 11 is 0. The lowest BCUT2D eigenvalue weighted by Crippen LogP contribution is -2.30. The third-order valence-electron chi connectivity index (χ3n) is 3.47. The number of benzene rings is 1. The summed E-state index contributed by atoms with van der Waals surface area (Å²) in [4.78, 5) is 2.64. The van der Waals surface area contributed by atoms with E-state index in [0.29, 0.717) is 18.0 Å². The minimum atomic E-state index is -3.43. The predicted molar refractivity (Wildman–Crippen MR) is 86.8 cm³/mol. The van der Waals surface area contributed by atoms with Gasteiger partial charge < -0.3 is 10.2 Å². The molecule has 0 aliphatic rings. The first kappa shape index (κ1) is 18.1. The van der Waals surface area contributed by atoms with E-state index < -0.39 is 10.0 Å². The fourth-order valence-electron chi connectivity index (χ4n) is 2.23. The second-order valence-corrected chi connectivity index (χ2v) is 6.65. The maximum absolute atomic E-state index is 12.4. The Balaban J connectivity index is 2.61. The highest BCUT2D eigenvalue weighted by Crippen LogP contribution is 2.14. The lowest BCUT2D eigenvalue weighted by Gasteiger charge is -2.18. The van der Waals surface area contributed by atoms with Crippen LogP contribution in [0.25, 0.3) is 0 Å². The molecule has 120 valence electrons. The maximum atomic E-state index is 12.4. The standard InChI is InChI=1S/C15H27N3O2S/c1-4-18(5-2)12-8-11-17-21(19,20)15-10-7-6-9-14(15)13-16-3/h6-7,9-10,16-17H,4-5,8,11-13H2,1-3H3. The number of hydrogen-bond donors (Lipinski definition) is 2. The maximum Gasteiger partial charge on any atom is 0.240 e. The summed E-state index contributed by atoms with van der Waals surface area (Å²) in [5, 5.41) is 3.00. The molecular weight excluding hydrogens is 286 g/mol. The Morgan fingerprint density at radius 2 is 1.81 bits per heavy atom. The molecule has 6 heteroatoms. The summed E-state index contributed by atoms with van der Waals surface area (Å²) in [6, 6.07) is 7.09. The van der Waals surface area contributed by atoms with Gasteiger partial charge in [0.1, 0.15) is 0 Å². The van der Waals surface area contributed by atoms with Gasteiger partial charge in [0.15, 0.2) is 0 Å². The Hall–Kier alpha value is -0.950. The van der Waals surface area contributed by atoms with Gasteiger partial charge in [-0.25, -0.2) is 13.1 Å². The van der Waals surface area contributed by atoms with Crippen LogP contribution in [0.4, 0.5) is 0 Å². The van der Waals surface area contributed by atoms with Crippen molar-refractivity contribution in [3.63, 3.8) is 0 Å². The smallest absolute Gasteiger partial charge is 0.240 e. The van der Waals surface area contributed by atoms with E-state index in [0.717, 1.165) is 31.6 Å². The van der Waals surface area contributed by atoms with Gasteiger partial charge in [-0.1, -0.05) is 32.0 Å². The van der Waals surface area contributed by atoms with Gasteiger partial charge in [-0.3, -0.25) is 0 Å². The Kier molecular flexibility index (Phi) is 7.88. The first-order chi connectivity index (χ1) is 10.0. The van der Waals surface area contributed by atoms with Crippen molar-refractivity contribution in [3.05, 3.63) is 29.8 Å². The van der Waals surface area contributed by atoms with Gasteiger partial charge in [0.05, 0.1) is 4.90 Å². The molecule has 0 radical (unpaired) electrons. The highest BCUT2D eigenvalue weighted by atomic mass is 32.2. The molecular formula is C15H27N3O2S. The van der Waals surface area contributed by atoms with Crippen LogP contribution in [0.15, 0.2) is 29.2 Å². The van der Waals surface area contributed by atoms with Crippen molar-refractivity contribution in [2.75, 3.05) is 33.2 Å². The zero-order valence-corrected chi connectivity index (χ0v) is 14.0. The van der Waals surface area contributed by atoms with Crippen molar-refractivity contribution in [3.8, 4) is 0 Å². The van der Waals surface area contributed by atoms with Gasteiger partial charge in [0.2, 0.25) is 10.0 Å². The van der Waals surface area contributed by atoms with Crippen molar-refractivity contribution in [1.29, 1.82) is 0 Å². The zero-order valence-electron chi connectivity index (χ0n) is 13.2. The molecule has 1 aromatic carbocycles. The van der Waals surface area contributed by atoms with Gasteiger partial charge in [0.25, 0.3) is 0 Å². The summed E-state index contributed by atoms with van der Waals surface area (Å²) in [5.41, 5.74) is 0.788. The molecule has 0 fully saturated rings. The highest BCUT2D eigenvalue weighted by molar-refractivity contribution is 7.89. The van der Waals surface area contributed by atoms with Crippen LogP contribution >= 0.6 is 0 Å². The van der Waals surface area contributed by atoms with Crippen LogP contribution in [0.1, 0.15) is 25.8 Å². The Labute approximate surface area is 128 Å². The summed E-state index contributed by atoms with van der Waals surface area (Å²) < 4.78 is 27.4. The fourth-order valence-corrected chi connectivity index (χ4v) is 3.54. The van der Waals surface area contributed by atoms with E-state index in [1.54, 1.807) is 19.2 Å². The minimum absolute atomic E-state index is 0.363. The van der Waals surface area contributed by atoms with E-state index in [4.69, 9.17) is 0 Å². The highest BCUT2D eigenvalue weighted by Gasteiger charge is 2.17. The van der Waals surface area contributed by atoms with Crippen LogP contribution in [0.5, 0.6) is 0 Å². The first-order valence-electron chi connectivity index (χ1n) is 7.49. The van der Waals surface area contributed by atoms with Crippen LogP contribution in [0.3, 0.4) is 0 Å². The van der Waals surface area contributed by atoms with E-state index in [1.807, 2.05) is 12.1 Å². The van der Waals surface area contributed by atoms with Crippen LogP contribution in [-0.4, -0.2) is 46.5 Å². The third-order valence-corrected chi connectivity index (χ3v) is 5.03. The SMILES string of the molecule is CCN(CC)CCCNS(=O)(=O)c1ccccc1CNC. The monoisotopic (exact) mass is 313 g/mol. The minimum Gasteiger partial charge on any atom is -0.316 e. The molecule has 0 bridgehead atoms. The molecule has 21 heavy (non-hydrogen) atoms. The summed E-state index contributed by atoms with van der Waals surface area (Å²) in [7, 11) is -1.63. The van der Waals surface area contributed by atoms with E-state index >= 15 is 0 Å². The number of sulfonamides is 1. The van der Waals surface area contributed by atoms with E-state index in [1.165, 1.54) is 0 Å². The number of nitrogens with one attached hydrogen (secondary N) is 2. The second kappa shape index (κ2) is 9.15. The first-order valence-corrected chi connectivity index (χ1v) is 8.98. The number of nitrogens with zero attached hydrogens (tertiary/aromatic N) is 1. The molecule has 0 amide bonds. The zero-order chi connectivity index (χ0) is 15.7. The molecule has 1 aromatic rings. The molecule has 0 saturated carbocycles. The van der Waals surface area contributed by atoms with Gasteiger partial charge in [-0.2, -0.15) is 0 Å². The Morgan fingerprint density at radius 3 is 2.43 bits per heavy atom. The molecule has 5 nitrogen and oxygen atoms in total. The predicted octanol–water partition coefficient (Wildman–Crippen LogP) is 1.42. The van der Waals surface area contributed by atoms with E-state index in [-0.39, 0.29) is 0 Å². The van der Waals surface area contributed by atoms with Gasteiger partial charge in [-0.05, 0) is 44.7 Å². The third kappa shape index (κ3) is 5.74. The summed E-state index contributed by atoms with van der Waals surface area (Å²) in [6.07, 6.45) is 0.815. The normalized spacial score (nSPS) is 12.0. The molecule has 0 saturated heterocycles. The lowest BCUT2D eigenvalue weighted by atomic mass is 10.2. The van der Waals surface area contributed by atoms with Crippen LogP contribution in [0, 0.1) is 0 Å². The average molecular weight is 313 g/mol. The fraction of sp³-hybridized carbons (Fsp3) is 0.600. The van der Waals surface area contributed by atoms with Crippen molar-refractivity contribution in [2.45, 2.75) is 31.7 Å². The van der Waals surface area contributed by atoms with E-state index in [9.17, 15) is 8.42 Å². The molecule has 0 aliphatic heterocycles. The van der Waals surface area contributed by atoms with Crippen LogP contribution < -0.4 is 10.0 Å². The molecule has 2 N–H and O–H groups in total. The van der Waals surface area contributed by atoms with Crippen molar-refractivity contribution >= 4 is 10.0 Å². The molecule has 0 spiro atoms. The molecule has 0 unspecified atom stereocenters. The van der Waals surface area contributed by atoms with Crippen LogP contribution in [0.2, 0.25) is 0 Å². The Morgan fingerprint density at radius 1 is 1.14 bits per heavy atom. The largest absolute Gasteiger partial charge is 0.316 e. The van der Waals surface area contributed by atoms with Crippen molar-refractivity contribution in [1.82, 2.24) is 14.9 Å². The molecule has 1 rings (SSSR count). The topological polar surface area (TPSA) is 61.4 Å². The van der Waals surface area contributed by atoms with Gasteiger partial charge in [0, 0.05) is 13.1 Å².